The van der Waals surface area contributed by atoms with E-state index in [-0.39, 0.29) is 11.8 Å². The van der Waals surface area contributed by atoms with Crippen LogP contribution in [0.3, 0.4) is 0 Å². The highest BCUT2D eigenvalue weighted by Crippen LogP contribution is 2.18. The Morgan fingerprint density at radius 2 is 2.16 bits per heavy atom. The third-order valence-electron chi connectivity index (χ3n) is 3.71. The Bertz CT molecular complexity index is 490. The van der Waals surface area contributed by atoms with Crippen molar-refractivity contribution in [2.75, 3.05) is 13.1 Å². The summed E-state index contributed by atoms with van der Waals surface area (Å²) >= 11 is 0. The van der Waals surface area contributed by atoms with E-state index in [1.807, 2.05) is 6.92 Å². The number of likely N-dealkylation sites (tertiary alicyclic amines) is 1. The Labute approximate surface area is 113 Å². The van der Waals surface area contributed by atoms with Crippen molar-refractivity contribution in [2.24, 2.45) is 5.92 Å². The average molecular weight is 258 g/mol. The zero-order valence-electron chi connectivity index (χ0n) is 11.0. The van der Waals surface area contributed by atoms with Crippen molar-refractivity contribution < 1.29 is 9.90 Å². The lowest BCUT2D eigenvalue weighted by Gasteiger charge is -2.34. The summed E-state index contributed by atoms with van der Waals surface area (Å²) in [7, 11) is 0. The Morgan fingerprint density at radius 3 is 2.74 bits per heavy atom. The number of benzene rings is 1. The topological polar surface area (TPSA) is 64.3 Å². The number of aliphatic hydroxyl groups is 1. The molecular formula is C15H18N2O2. The molecule has 4 nitrogen and oxygen atoms in total. The predicted octanol–water partition coefficient (Wildman–Crippen LogP) is 1.33. The van der Waals surface area contributed by atoms with Crippen molar-refractivity contribution in [2.45, 2.75) is 25.9 Å². The van der Waals surface area contributed by atoms with Crippen molar-refractivity contribution in [3.05, 3.63) is 35.4 Å². The van der Waals surface area contributed by atoms with E-state index in [0.717, 1.165) is 12.0 Å². The van der Waals surface area contributed by atoms with Gasteiger partial charge in [0.15, 0.2) is 0 Å². The minimum absolute atomic E-state index is 0.0376. The quantitative estimate of drug-likeness (QED) is 0.870. The molecule has 1 saturated heterocycles. The van der Waals surface area contributed by atoms with Crippen LogP contribution in [0.25, 0.3) is 0 Å². The standard InChI is InChI=1S/C15H18N2O2/c1-11-6-7-17(10-14(11)18)15(19)8-12-2-4-13(9-16)5-3-12/h2-5,11,14,18H,6-8,10H2,1H3. The number of hydrogen-bond acceptors (Lipinski definition) is 3. The first kappa shape index (κ1) is 13.6. The van der Waals surface area contributed by atoms with Gasteiger partial charge in [0.25, 0.3) is 0 Å². The van der Waals surface area contributed by atoms with Gasteiger partial charge in [0, 0.05) is 13.1 Å². The third kappa shape index (κ3) is 3.33. The van der Waals surface area contributed by atoms with E-state index in [1.54, 1.807) is 29.2 Å². The molecule has 1 amide bonds. The second kappa shape index (κ2) is 5.85. The summed E-state index contributed by atoms with van der Waals surface area (Å²) in [5, 5.41) is 18.5. The van der Waals surface area contributed by atoms with Crippen LogP contribution in [0.1, 0.15) is 24.5 Å². The molecule has 100 valence electrons. The van der Waals surface area contributed by atoms with E-state index in [0.29, 0.717) is 25.1 Å². The summed E-state index contributed by atoms with van der Waals surface area (Å²) in [6, 6.07) is 9.10. The molecule has 4 heteroatoms. The molecule has 0 aliphatic carbocycles. The fourth-order valence-corrected chi connectivity index (χ4v) is 2.26. The minimum Gasteiger partial charge on any atom is -0.391 e. The first-order valence-electron chi connectivity index (χ1n) is 6.55. The van der Waals surface area contributed by atoms with Crippen LogP contribution in [0.5, 0.6) is 0 Å². The molecule has 2 atom stereocenters. The number of β-amino-alcohol motifs (C(OH)–C–C–N with tert-alkyl or cyclic N) is 1. The van der Waals surface area contributed by atoms with Crippen LogP contribution in [-0.2, 0) is 11.2 Å². The minimum atomic E-state index is -0.418. The molecule has 0 spiro atoms. The number of carbonyl (C=O) groups excluding carboxylic acids is 1. The molecule has 2 rings (SSSR count). The zero-order chi connectivity index (χ0) is 13.8. The maximum atomic E-state index is 12.1. The Morgan fingerprint density at radius 1 is 1.47 bits per heavy atom. The average Bonchev–Trinajstić information content (AvgIpc) is 2.42. The van der Waals surface area contributed by atoms with Crippen LogP contribution in [0, 0.1) is 17.2 Å². The molecule has 1 fully saturated rings. The molecule has 0 aromatic heterocycles. The summed E-state index contributed by atoms with van der Waals surface area (Å²) in [6.45, 7) is 3.15. The number of nitrogens with zero attached hydrogens (tertiary/aromatic N) is 2. The van der Waals surface area contributed by atoms with Gasteiger partial charge in [0.1, 0.15) is 0 Å². The maximum Gasteiger partial charge on any atom is 0.227 e. The summed E-state index contributed by atoms with van der Waals surface area (Å²) in [5.41, 5.74) is 1.50. The molecule has 1 aliphatic rings. The first-order chi connectivity index (χ1) is 9.10. The van der Waals surface area contributed by atoms with Gasteiger partial charge in [-0.1, -0.05) is 19.1 Å². The SMILES string of the molecule is CC1CCN(C(=O)Cc2ccc(C#N)cc2)CC1O. The first-order valence-corrected chi connectivity index (χ1v) is 6.55. The molecule has 1 aromatic rings. The number of rotatable bonds is 2. The van der Waals surface area contributed by atoms with Crippen LogP contribution in [-0.4, -0.2) is 35.1 Å². The molecule has 1 N–H and O–H groups in total. The van der Waals surface area contributed by atoms with Crippen molar-refractivity contribution in [3.8, 4) is 6.07 Å². The van der Waals surface area contributed by atoms with Crippen molar-refractivity contribution in [1.29, 1.82) is 5.26 Å². The summed E-state index contributed by atoms with van der Waals surface area (Å²) in [6.07, 6.45) is 0.756. The lowest BCUT2D eigenvalue weighted by molar-refractivity contribution is -0.134. The number of carbonyl (C=O) groups is 1. The van der Waals surface area contributed by atoms with E-state index >= 15 is 0 Å². The zero-order valence-corrected chi connectivity index (χ0v) is 11.0. The number of nitriles is 1. The van der Waals surface area contributed by atoms with E-state index in [1.165, 1.54) is 0 Å². The largest absolute Gasteiger partial charge is 0.391 e. The lowest BCUT2D eigenvalue weighted by Crippen LogP contribution is -2.46. The molecule has 1 aromatic carbocycles. The number of piperidine rings is 1. The third-order valence-corrected chi connectivity index (χ3v) is 3.71. The maximum absolute atomic E-state index is 12.1. The van der Waals surface area contributed by atoms with Gasteiger partial charge in [-0.05, 0) is 30.0 Å². The number of hydrogen-bond donors (Lipinski definition) is 1. The second-order valence-corrected chi connectivity index (χ2v) is 5.16. The van der Waals surface area contributed by atoms with Gasteiger partial charge in [-0.25, -0.2) is 0 Å². The highest BCUT2D eigenvalue weighted by Gasteiger charge is 2.26. The summed E-state index contributed by atoms with van der Waals surface area (Å²) < 4.78 is 0. The van der Waals surface area contributed by atoms with Gasteiger partial charge in [-0.15, -0.1) is 0 Å². The Balaban J connectivity index is 1.95. The van der Waals surface area contributed by atoms with Crippen LogP contribution in [0.2, 0.25) is 0 Å². The smallest absolute Gasteiger partial charge is 0.227 e. The molecule has 2 unspecified atom stereocenters. The van der Waals surface area contributed by atoms with Crippen molar-refractivity contribution in [1.82, 2.24) is 4.90 Å². The van der Waals surface area contributed by atoms with Gasteiger partial charge < -0.3 is 10.0 Å². The van der Waals surface area contributed by atoms with E-state index in [9.17, 15) is 9.90 Å². The summed E-state index contributed by atoms with van der Waals surface area (Å²) in [5.74, 6) is 0.301. The van der Waals surface area contributed by atoms with Gasteiger partial charge in [0.05, 0.1) is 24.2 Å². The van der Waals surface area contributed by atoms with Crippen molar-refractivity contribution >= 4 is 5.91 Å². The molecule has 0 radical (unpaired) electrons. The van der Waals surface area contributed by atoms with Crippen molar-refractivity contribution in [3.63, 3.8) is 0 Å². The fraction of sp³-hybridized carbons (Fsp3) is 0.467. The van der Waals surface area contributed by atoms with E-state index < -0.39 is 6.10 Å². The van der Waals surface area contributed by atoms with Gasteiger partial charge in [-0.3, -0.25) is 4.79 Å². The molecule has 0 saturated carbocycles. The van der Waals surface area contributed by atoms with E-state index in [4.69, 9.17) is 5.26 Å². The van der Waals surface area contributed by atoms with Gasteiger partial charge in [0.2, 0.25) is 5.91 Å². The number of aliphatic hydroxyl groups excluding tert-OH is 1. The van der Waals surface area contributed by atoms with Crippen LogP contribution < -0.4 is 0 Å². The second-order valence-electron chi connectivity index (χ2n) is 5.16. The Hall–Kier alpha value is -1.86. The molecule has 0 bridgehead atoms. The predicted molar refractivity (Wildman–Crippen MR) is 71.2 cm³/mol. The molecule has 1 heterocycles. The highest BCUT2D eigenvalue weighted by atomic mass is 16.3. The monoisotopic (exact) mass is 258 g/mol. The summed E-state index contributed by atoms with van der Waals surface area (Å²) in [4.78, 5) is 13.8. The van der Waals surface area contributed by atoms with Gasteiger partial charge >= 0.3 is 0 Å². The Kier molecular flexibility index (Phi) is 4.18. The van der Waals surface area contributed by atoms with Gasteiger partial charge in [-0.2, -0.15) is 5.26 Å². The van der Waals surface area contributed by atoms with Crippen LogP contribution >= 0.6 is 0 Å². The normalized spacial score (nSPS) is 22.9. The molecule has 1 aliphatic heterocycles. The number of amides is 1. The highest BCUT2D eigenvalue weighted by molar-refractivity contribution is 5.79. The molecule has 19 heavy (non-hydrogen) atoms. The fourth-order valence-electron chi connectivity index (χ4n) is 2.26. The van der Waals surface area contributed by atoms with Crippen LogP contribution in [0.4, 0.5) is 0 Å². The van der Waals surface area contributed by atoms with Crippen LogP contribution in [0.15, 0.2) is 24.3 Å². The lowest BCUT2D eigenvalue weighted by atomic mass is 9.95. The van der Waals surface area contributed by atoms with E-state index in [2.05, 4.69) is 6.07 Å². The molecular weight excluding hydrogens is 240 g/mol.